The van der Waals surface area contributed by atoms with Crippen molar-refractivity contribution in [1.82, 2.24) is 15.3 Å². The number of hydrogen-bond donors (Lipinski definition) is 1. The van der Waals surface area contributed by atoms with E-state index in [2.05, 4.69) is 10.2 Å². The number of aromatic nitrogens is 2. The first-order chi connectivity index (χ1) is 12.8. The lowest BCUT2D eigenvalue weighted by atomic mass is 9.96. The molecule has 0 aromatic carbocycles. The minimum absolute atomic E-state index is 0.631. The van der Waals surface area contributed by atoms with E-state index < -0.39 is 0 Å². The maximum absolute atomic E-state index is 5.17. The molecular weight excluding hydrogens is 340 g/mol. The highest BCUT2D eigenvalue weighted by Crippen LogP contribution is 2.44. The van der Waals surface area contributed by atoms with Crippen LogP contribution in [-0.2, 0) is 12.8 Å². The first-order valence-electron chi connectivity index (χ1n) is 10.7. The number of hydrogen-bond acceptors (Lipinski definition) is 5. The van der Waals surface area contributed by atoms with Gasteiger partial charge in [-0.1, -0.05) is 0 Å². The van der Waals surface area contributed by atoms with Crippen LogP contribution in [0, 0.1) is 0 Å². The molecule has 3 heterocycles. The molecule has 0 unspecified atom stereocenters. The van der Waals surface area contributed by atoms with Gasteiger partial charge in [0.2, 0.25) is 0 Å². The van der Waals surface area contributed by atoms with Crippen LogP contribution < -0.4 is 10.2 Å². The second kappa shape index (κ2) is 6.16. The lowest BCUT2D eigenvalue weighted by Gasteiger charge is -2.34. The van der Waals surface area contributed by atoms with Crippen molar-refractivity contribution < 1.29 is 0 Å². The van der Waals surface area contributed by atoms with Crippen LogP contribution in [0.2, 0.25) is 0 Å². The van der Waals surface area contributed by atoms with E-state index in [1.165, 1.54) is 80.2 Å². The van der Waals surface area contributed by atoms with E-state index in [-0.39, 0.29) is 0 Å². The van der Waals surface area contributed by atoms with Gasteiger partial charge in [0.05, 0.1) is 5.39 Å². The second-order valence-electron chi connectivity index (χ2n) is 8.77. The Morgan fingerprint density at radius 3 is 2.42 bits per heavy atom. The zero-order valence-electron chi connectivity index (χ0n) is 15.5. The van der Waals surface area contributed by atoms with Crippen molar-refractivity contribution in [3.05, 3.63) is 16.3 Å². The maximum Gasteiger partial charge on any atom is 0.141 e. The molecule has 4 aliphatic rings. The fraction of sp³-hybridized carbons (Fsp3) is 0.714. The molecule has 4 nitrogen and oxygen atoms in total. The fourth-order valence-corrected chi connectivity index (χ4v) is 6.01. The fourth-order valence-electron chi connectivity index (χ4n) is 4.75. The minimum Gasteiger partial charge on any atom is -0.356 e. The standard InChI is InChI=1S/C21H28N4S/c1-2-4-17-16(3-1)18-20(23-19(13-5-6-13)24-21(18)26-17)25-11-9-15(10-12-25)22-14-7-8-14/h13-15,22H,1-12H2. The zero-order chi connectivity index (χ0) is 17.1. The molecule has 138 valence electrons. The summed E-state index contributed by atoms with van der Waals surface area (Å²) in [6.07, 6.45) is 13.0. The van der Waals surface area contributed by atoms with E-state index in [4.69, 9.17) is 9.97 Å². The van der Waals surface area contributed by atoms with Gasteiger partial charge in [-0.2, -0.15) is 0 Å². The summed E-state index contributed by atoms with van der Waals surface area (Å²) in [5.74, 6) is 3.04. The Bertz CT molecular complexity index is 828. The highest BCUT2D eigenvalue weighted by Gasteiger charge is 2.32. The van der Waals surface area contributed by atoms with Gasteiger partial charge in [-0.3, -0.25) is 0 Å². The highest BCUT2D eigenvalue weighted by molar-refractivity contribution is 7.19. The third-order valence-electron chi connectivity index (χ3n) is 6.60. The highest BCUT2D eigenvalue weighted by atomic mass is 32.1. The summed E-state index contributed by atoms with van der Waals surface area (Å²) in [4.78, 5) is 15.7. The van der Waals surface area contributed by atoms with E-state index in [9.17, 15) is 0 Å². The van der Waals surface area contributed by atoms with Crippen molar-refractivity contribution >= 4 is 27.4 Å². The van der Waals surface area contributed by atoms with Crippen LogP contribution in [0.3, 0.4) is 0 Å². The predicted molar refractivity (Wildman–Crippen MR) is 107 cm³/mol. The molecule has 26 heavy (non-hydrogen) atoms. The van der Waals surface area contributed by atoms with Crippen LogP contribution in [0.15, 0.2) is 0 Å². The van der Waals surface area contributed by atoms with E-state index in [1.807, 2.05) is 11.3 Å². The summed E-state index contributed by atoms with van der Waals surface area (Å²) < 4.78 is 0. The number of nitrogens with zero attached hydrogens (tertiary/aromatic N) is 3. The molecule has 2 aromatic heterocycles. The molecule has 6 rings (SSSR count). The van der Waals surface area contributed by atoms with Crippen LogP contribution in [0.25, 0.3) is 10.2 Å². The molecule has 2 aromatic rings. The summed E-state index contributed by atoms with van der Waals surface area (Å²) in [5, 5.41) is 5.25. The molecular formula is C21H28N4S. The van der Waals surface area contributed by atoms with Crippen LogP contribution >= 0.6 is 11.3 Å². The molecule has 5 heteroatoms. The van der Waals surface area contributed by atoms with E-state index in [1.54, 1.807) is 10.4 Å². The number of aryl methyl sites for hydroxylation is 2. The van der Waals surface area contributed by atoms with Crippen molar-refractivity contribution in [3.8, 4) is 0 Å². The molecule has 0 amide bonds. The van der Waals surface area contributed by atoms with Gasteiger partial charge >= 0.3 is 0 Å². The van der Waals surface area contributed by atoms with E-state index in [0.29, 0.717) is 5.92 Å². The number of rotatable bonds is 4. The number of fused-ring (bicyclic) bond motifs is 3. The predicted octanol–water partition coefficient (Wildman–Crippen LogP) is 4.17. The van der Waals surface area contributed by atoms with Crippen LogP contribution in [0.1, 0.15) is 73.5 Å². The van der Waals surface area contributed by atoms with Gasteiger partial charge in [0.1, 0.15) is 16.5 Å². The van der Waals surface area contributed by atoms with Crippen molar-refractivity contribution in [2.24, 2.45) is 0 Å². The topological polar surface area (TPSA) is 41.1 Å². The molecule has 2 saturated carbocycles. The lowest BCUT2D eigenvalue weighted by Crippen LogP contribution is -2.43. The van der Waals surface area contributed by atoms with E-state index >= 15 is 0 Å². The number of thiophene rings is 1. The Morgan fingerprint density at radius 1 is 0.885 bits per heavy atom. The molecule has 1 saturated heterocycles. The van der Waals surface area contributed by atoms with Crippen molar-refractivity contribution in [2.45, 2.75) is 82.2 Å². The summed E-state index contributed by atoms with van der Waals surface area (Å²) in [7, 11) is 0. The van der Waals surface area contributed by atoms with Crippen molar-refractivity contribution in [2.75, 3.05) is 18.0 Å². The molecule has 3 aliphatic carbocycles. The van der Waals surface area contributed by atoms with Crippen molar-refractivity contribution in [3.63, 3.8) is 0 Å². The molecule has 1 aliphatic heterocycles. The smallest absolute Gasteiger partial charge is 0.141 e. The zero-order valence-corrected chi connectivity index (χ0v) is 16.3. The molecule has 0 atom stereocenters. The summed E-state index contributed by atoms with van der Waals surface area (Å²) in [6.45, 7) is 2.29. The number of anilines is 1. The Kier molecular flexibility index (Phi) is 3.75. The molecule has 0 radical (unpaired) electrons. The van der Waals surface area contributed by atoms with Crippen LogP contribution in [0.5, 0.6) is 0 Å². The van der Waals surface area contributed by atoms with Gasteiger partial charge in [-0.15, -0.1) is 11.3 Å². The van der Waals surface area contributed by atoms with Gasteiger partial charge in [0, 0.05) is 36.0 Å². The van der Waals surface area contributed by atoms with Crippen molar-refractivity contribution in [1.29, 1.82) is 0 Å². The quantitative estimate of drug-likeness (QED) is 0.879. The van der Waals surface area contributed by atoms with Gasteiger partial charge in [-0.05, 0) is 69.8 Å². The van der Waals surface area contributed by atoms with Gasteiger partial charge < -0.3 is 10.2 Å². The Labute approximate surface area is 159 Å². The largest absolute Gasteiger partial charge is 0.356 e. The lowest BCUT2D eigenvalue weighted by molar-refractivity contribution is 0.412. The van der Waals surface area contributed by atoms with E-state index in [0.717, 1.165) is 31.0 Å². The Hall–Kier alpha value is -1.20. The molecule has 3 fully saturated rings. The van der Waals surface area contributed by atoms with Gasteiger partial charge in [0.25, 0.3) is 0 Å². The molecule has 0 bridgehead atoms. The monoisotopic (exact) mass is 368 g/mol. The Balaban J connectivity index is 1.36. The third kappa shape index (κ3) is 2.84. The molecule has 0 spiro atoms. The minimum atomic E-state index is 0.631. The SMILES string of the molecule is C1CCc2c(sc3nc(C4CC4)nc(N4CCC(NC5CC5)CC4)c23)C1. The number of nitrogens with one attached hydrogen (secondary N) is 1. The number of piperidine rings is 1. The Morgan fingerprint density at radius 2 is 1.65 bits per heavy atom. The first kappa shape index (κ1) is 15.8. The summed E-state index contributed by atoms with van der Waals surface area (Å²) >= 11 is 1.96. The normalized spacial score (nSPS) is 24.2. The second-order valence-corrected chi connectivity index (χ2v) is 9.86. The average molecular weight is 369 g/mol. The third-order valence-corrected chi connectivity index (χ3v) is 7.78. The summed E-state index contributed by atoms with van der Waals surface area (Å²) in [5.41, 5.74) is 1.59. The average Bonchev–Trinajstić information content (AvgIpc) is 3.59. The van der Waals surface area contributed by atoms with Gasteiger partial charge in [0.15, 0.2) is 0 Å². The summed E-state index contributed by atoms with van der Waals surface area (Å²) in [6, 6.07) is 1.54. The van der Waals surface area contributed by atoms with Crippen LogP contribution in [0.4, 0.5) is 5.82 Å². The first-order valence-corrected chi connectivity index (χ1v) is 11.5. The van der Waals surface area contributed by atoms with Crippen LogP contribution in [-0.4, -0.2) is 35.1 Å². The van der Waals surface area contributed by atoms with Gasteiger partial charge in [-0.25, -0.2) is 9.97 Å². The maximum atomic E-state index is 5.17. The molecule has 1 N–H and O–H groups in total.